The van der Waals surface area contributed by atoms with Crippen LogP contribution >= 0.6 is 0 Å². The molecule has 1 fully saturated rings. The lowest BCUT2D eigenvalue weighted by Crippen LogP contribution is -2.36. The van der Waals surface area contributed by atoms with Crippen LogP contribution in [0.25, 0.3) is 0 Å². The summed E-state index contributed by atoms with van der Waals surface area (Å²) in [6.07, 6.45) is 1.22. The molecule has 0 spiro atoms. The summed E-state index contributed by atoms with van der Waals surface area (Å²) in [6.45, 7) is 2.43. The Morgan fingerprint density at radius 1 is 1.14 bits per heavy atom. The molecule has 1 saturated heterocycles. The molecule has 28 heavy (non-hydrogen) atoms. The summed E-state index contributed by atoms with van der Waals surface area (Å²) < 4.78 is 0. The predicted molar refractivity (Wildman–Crippen MR) is 108 cm³/mol. The topological polar surface area (TPSA) is 81.7 Å². The van der Waals surface area contributed by atoms with Crippen LogP contribution in [-0.4, -0.2) is 48.5 Å². The van der Waals surface area contributed by atoms with E-state index in [0.717, 1.165) is 31.6 Å². The molecule has 2 amide bonds. The van der Waals surface area contributed by atoms with E-state index in [4.69, 9.17) is 0 Å². The monoisotopic (exact) mass is 381 g/mol. The average Bonchev–Trinajstić information content (AvgIpc) is 3.18. The highest BCUT2D eigenvalue weighted by Crippen LogP contribution is 2.22. The van der Waals surface area contributed by atoms with E-state index < -0.39 is 6.04 Å². The second-order valence-electron chi connectivity index (χ2n) is 7.24. The van der Waals surface area contributed by atoms with E-state index in [-0.39, 0.29) is 24.0 Å². The number of hydrogen-bond donors (Lipinski definition) is 3. The van der Waals surface area contributed by atoms with Gasteiger partial charge in [0.15, 0.2) is 0 Å². The maximum Gasteiger partial charge on any atom is 0.251 e. The van der Waals surface area contributed by atoms with Crippen molar-refractivity contribution in [3.63, 3.8) is 0 Å². The van der Waals surface area contributed by atoms with Gasteiger partial charge in [0.1, 0.15) is 5.75 Å². The number of aromatic hydroxyl groups is 1. The normalized spacial score (nSPS) is 17.3. The molecule has 0 radical (unpaired) electrons. The average molecular weight is 381 g/mol. The van der Waals surface area contributed by atoms with Crippen molar-refractivity contribution in [2.24, 2.45) is 5.92 Å². The Balaban J connectivity index is 1.70. The number of hydrogen-bond acceptors (Lipinski definition) is 4. The first-order valence-corrected chi connectivity index (χ1v) is 9.64. The lowest BCUT2D eigenvalue weighted by atomic mass is 10.0. The summed E-state index contributed by atoms with van der Waals surface area (Å²) in [5, 5.41) is 15.6. The summed E-state index contributed by atoms with van der Waals surface area (Å²) in [5.41, 5.74) is 1.34. The number of rotatable bonds is 7. The highest BCUT2D eigenvalue weighted by molar-refractivity contribution is 5.95. The van der Waals surface area contributed by atoms with Crippen molar-refractivity contribution >= 4 is 11.8 Å². The number of phenolic OH excluding ortho intramolecular Hbond substituents is 1. The number of nitrogens with one attached hydrogen (secondary N) is 2. The first-order chi connectivity index (χ1) is 13.6. The maximum absolute atomic E-state index is 12.9. The van der Waals surface area contributed by atoms with Crippen molar-refractivity contribution in [2.45, 2.75) is 18.9 Å². The molecule has 0 aliphatic carbocycles. The predicted octanol–water partition coefficient (Wildman–Crippen LogP) is 2.32. The minimum absolute atomic E-state index is 0.0541. The van der Waals surface area contributed by atoms with Gasteiger partial charge in [0, 0.05) is 18.7 Å². The molecule has 6 nitrogen and oxygen atoms in total. The Bertz CT molecular complexity index is 792. The summed E-state index contributed by atoms with van der Waals surface area (Å²) in [4.78, 5) is 27.4. The number of phenols is 1. The van der Waals surface area contributed by atoms with E-state index in [1.165, 1.54) is 12.1 Å². The number of likely N-dealkylation sites (tertiary alicyclic amines) is 1. The van der Waals surface area contributed by atoms with Crippen LogP contribution < -0.4 is 10.6 Å². The van der Waals surface area contributed by atoms with Crippen LogP contribution in [0.1, 0.15) is 34.8 Å². The molecular formula is C22H27N3O3. The smallest absolute Gasteiger partial charge is 0.251 e. The van der Waals surface area contributed by atoms with Gasteiger partial charge in [-0.2, -0.15) is 0 Å². The fourth-order valence-electron chi connectivity index (χ4n) is 3.61. The lowest BCUT2D eigenvalue weighted by Gasteiger charge is -2.23. The van der Waals surface area contributed by atoms with Gasteiger partial charge in [0.05, 0.1) is 12.5 Å². The minimum Gasteiger partial charge on any atom is -0.508 e. The van der Waals surface area contributed by atoms with Crippen LogP contribution in [0.2, 0.25) is 0 Å². The van der Waals surface area contributed by atoms with Gasteiger partial charge in [-0.15, -0.1) is 0 Å². The molecule has 1 aliphatic rings. The van der Waals surface area contributed by atoms with Crippen molar-refractivity contribution in [2.75, 3.05) is 26.7 Å². The fraction of sp³-hybridized carbons (Fsp3) is 0.364. The van der Waals surface area contributed by atoms with E-state index in [0.29, 0.717) is 11.5 Å². The Hall–Kier alpha value is -2.86. The molecule has 0 aromatic heterocycles. The molecule has 0 saturated carbocycles. The van der Waals surface area contributed by atoms with E-state index in [1.54, 1.807) is 12.1 Å². The van der Waals surface area contributed by atoms with Crippen LogP contribution in [0.5, 0.6) is 5.75 Å². The van der Waals surface area contributed by atoms with Gasteiger partial charge >= 0.3 is 0 Å². The lowest BCUT2D eigenvalue weighted by molar-refractivity contribution is -0.130. The summed E-state index contributed by atoms with van der Waals surface area (Å²) in [7, 11) is 1.93. The highest BCUT2D eigenvalue weighted by atomic mass is 16.3. The minimum atomic E-state index is -0.404. The molecule has 1 aliphatic heterocycles. The van der Waals surface area contributed by atoms with E-state index in [2.05, 4.69) is 10.6 Å². The van der Waals surface area contributed by atoms with Crippen molar-refractivity contribution in [1.82, 2.24) is 15.5 Å². The van der Waals surface area contributed by atoms with Crippen LogP contribution in [0, 0.1) is 5.92 Å². The number of amides is 2. The third-order valence-corrected chi connectivity index (χ3v) is 5.15. The Kier molecular flexibility index (Phi) is 6.66. The van der Waals surface area contributed by atoms with Gasteiger partial charge < -0.3 is 20.6 Å². The van der Waals surface area contributed by atoms with Gasteiger partial charge in [-0.05, 0) is 55.8 Å². The third-order valence-electron chi connectivity index (χ3n) is 5.15. The van der Waals surface area contributed by atoms with Crippen LogP contribution in [0.15, 0.2) is 54.6 Å². The number of carbonyl (C=O) groups excluding carboxylic acids is 2. The zero-order valence-electron chi connectivity index (χ0n) is 16.1. The van der Waals surface area contributed by atoms with E-state index >= 15 is 0 Å². The quantitative estimate of drug-likeness (QED) is 0.688. The van der Waals surface area contributed by atoms with Gasteiger partial charge in [-0.3, -0.25) is 9.59 Å². The summed E-state index contributed by atoms with van der Waals surface area (Å²) in [5.74, 6) is 0.377. The molecular weight excluding hydrogens is 354 g/mol. The molecule has 6 heteroatoms. The fourth-order valence-corrected chi connectivity index (χ4v) is 3.61. The van der Waals surface area contributed by atoms with Crippen LogP contribution in [0.3, 0.4) is 0 Å². The van der Waals surface area contributed by atoms with Gasteiger partial charge in [0.25, 0.3) is 5.91 Å². The molecule has 2 unspecified atom stereocenters. The van der Waals surface area contributed by atoms with E-state index in [9.17, 15) is 14.7 Å². The largest absolute Gasteiger partial charge is 0.508 e. The van der Waals surface area contributed by atoms with Gasteiger partial charge in [0.2, 0.25) is 5.91 Å². The number of benzene rings is 2. The highest BCUT2D eigenvalue weighted by Gasteiger charge is 2.28. The number of nitrogens with zero attached hydrogens (tertiary/aromatic N) is 1. The van der Waals surface area contributed by atoms with Crippen molar-refractivity contribution in [1.29, 1.82) is 0 Å². The third kappa shape index (κ3) is 5.10. The first kappa shape index (κ1) is 19.9. The number of carbonyl (C=O) groups is 2. The zero-order valence-corrected chi connectivity index (χ0v) is 16.1. The summed E-state index contributed by atoms with van der Waals surface area (Å²) >= 11 is 0. The maximum atomic E-state index is 12.9. The van der Waals surface area contributed by atoms with Crippen molar-refractivity contribution in [3.05, 3.63) is 65.7 Å². The molecule has 1 heterocycles. The molecule has 3 rings (SSSR count). The zero-order chi connectivity index (χ0) is 19.9. The molecule has 2 aromatic carbocycles. The molecule has 2 atom stereocenters. The van der Waals surface area contributed by atoms with Crippen molar-refractivity contribution < 1.29 is 14.7 Å². The Morgan fingerprint density at radius 3 is 2.54 bits per heavy atom. The van der Waals surface area contributed by atoms with Crippen molar-refractivity contribution in [3.8, 4) is 5.75 Å². The van der Waals surface area contributed by atoms with Crippen LogP contribution in [0.4, 0.5) is 0 Å². The SMILES string of the molecule is CNCC1CCN(C(=O)CC(NC(=O)c2ccc(O)cc2)c2ccccc2)C1. The second kappa shape index (κ2) is 9.37. The first-order valence-electron chi connectivity index (χ1n) is 9.64. The van der Waals surface area contributed by atoms with Crippen LogP contribution in [-0.2, 0) is 4.79 Å². The van der Waals surface area contributed by atoms with Gasteiger partial charge in [-0.1, -0.05) is 30.3 Å². The second-order valence-corrected chi connectivity index (χ2v) is 7.24. The van der Waals surface area contributed by atoms with E-state index in [1.807, 2.05) is 42.3 Å². The standard InChI is InChI=1S/C22H27N3O3/c1-23-14-16-11-12-25(15-16)21(27)13-20(17-5-3-2-4-6-17)24-22(28)18-7-9-19(26)10-8-18/h2-10,16,20,23,26H,11-15H2,1H3,(H,24,28). The Morgan fingerprint density at radius 2 is 1.86 bits per heavy atom. The molecule has 3 N–H and O–H groups in total. The molecule has 148 valence electrons. The van der Waals surface area contributed by atoms with Gasteiger partial charge in [-0.25, -0.2) is 0 Å². The Labute approximate surface area is 165 Å². The summed E-state index contributed by atoms with van der Waals surface area (Å²) in [6, 6.07) is 15.2. The molecule has 0 bridgehead atoms. The molecule has 2 aromatic rings.